The van der Waals surface area contributed by atoms with Crippen molar-refractivity contribution in [2.75, 3.05) is 5.32 Å². The number of benzene rings is 2. The van der Waals surface area contributed by atoms with E-state index in [0.29, 0.717) is 5.75 Å². The van der Waals surface area contributed by atoms with Gasteiger partial charge in [-0.1, -0.05) is 44.2 Å². The van der Waals surface area contributed by atoms with Crippen molar-refractivity contribution in [3.63, 3.8) is 0 Å². The average Bonchev–Trinajstić information content (AvgIpc) is 2.49. The number of para-hydroxylation sites is 2. The molecule has 2 rings (SSSR count). The van der Waals surface area contributed by atoms with Crippen molar-refractivity contribution in [3.05, 3.63) is 59.9 Å². The van der Waals surface area contributed by atoms with Crippen LogP contribution in [0.4, 0.5) is 10.1 Å². The van der Waals surface area contributed by atoms with Gasteiger partial charge in [-0.15, -0.1) is 0 Å². The Hall–Kier alpha value is -2.36. The molecule has 3 nitrogen and oxygen atoms in total. The molecule has 22 heavy (non-hydrogen) atoms. The second kappa shape index (κ2) is 7.07. The molecular formula is C18H20FNO2. The molecule has 1 atom stereocenters. The van der Waals surface area contributed by atoms with Crippen molar-refractivity contribution in [1.29, 1.82) is 0 Å². The van der Waals surface area contributed by atoms with Gasteiger partial charge in [0, 0.05) is 0 Å². The van der Waals surface area contributed by atoms with Gasteiger partial charge in [0.1, 0.15) is 11.6 Å². The van der Waals surface area contributed by atoms with Crippen LogP contribution in [0.2, 0.25) is 0 Å². The Morgan fingerprint density at radius 3 is 2.36 bits per heavy atom. The fraction of sp³-hybridized carbons (Fsp3) is 0.278. The highest BCUT2D eigenvalue weighted by Gasteiger charge is 2.18. The van der Waals surface area contributed by atoms with Crippen LogP contribution >= 0.6 is 0 Å². The van der Waals surface area contributed by atoms with Crippen molar-refractivity contribution in [2.45, 2.75) is 32.8 Å². The molecule has 0 fully saturated rings. The van der Waals surface area contributed by atoms with Crippen molar-refractivity contribution >= 4 is 11.6 Å². The van der Waals surface area contributed by atoms with E-state index >= 15 is 0 Å². The van der Waals surface area contributed by atoms with E-state index in [0.717, 1.165) is 5.56 Å². The van der Waals surface area contributed by atoms with Crippen molar-refractivity contribution in [1.82, 2.24) is 0 Å². The molecule has 0 saturated heterocycles. The summed E-state index contributed by atoms with van der Waals surface area (Å²) in [6.45, 7) is 5.77. The zero-order chi connectivity index (χ0) is 16.1. The Bertz CT molecular complexity index is 655. The molecule has 0 saturated carbocycles. The lowest BCUT2D eigenvalue weighted by Crippen LogP contribution is -2.30. The molecule has 2 aromatic carbocycles. The summed E-state index contributed by atoms with van der Waals surface area (Å²) in [7, 11) is 0. The Balaban J connectivity index is 2.08. The molecule has 116 valence electrons. The molecule has 0 aliphatic carbocycles. The summed E-state index contributed by atoms with van der Waals surface area (Å²) >= 11 is 0. The van der Waals surface area contributed by atoms with Gasteiger partial charge in [0.2, 0.25) is 0 Å². The molecule has 0 spiro atoms. The number of amides is 1. The number of rotatable bonds is 5. The monoisotopic (exact) mass is 301 g/mol. The number of ether oxygens (including phenoxy) is 1. The SMILES string of the molecule is CC(Oc1ccccc1C(C)C)C(=O)Nc1ccccc1F. The summed E-state index contributed by atoms with van der Waals surface area (Å²) in [6, 6.07) is 13.7. The smallest absolute Gasteiger partial charge is 0.265 e. The lowest BCUT2D eigenvalue weighted by atomic mass is 10.0. The van der Waals surface area contributed by atoms with Gasteiger partial charge in [-0.05, 0) is 36.6 Å². The van der Waals surface area contributed by atoms with Gasteiger partial charge in [-0.25, -0.2) is 4.39 Å². The fourth-order valence-electron chi connectivity index (χ4n) is 2.11. The van der Waals surface area contributed by atoms with Gasteiger partial charge < -0.3 is 10.1 Å². The van der Waals surface area contributed by atoms with E-state index < -0.39 is 11.9 Å². The highest BCUT2D eigenvalue weighted by molar-refractivity contribution is 5.94. The summed E-state index contributed by atoms with van der Waals surface area (Å²) in [6.07, 6.45) is -0.723. The zero-order valence-corrected chi connectivity index (χ0v) is 13.0. The number of hydrogen-bond acceptors (Lipinski definition) is 2. The Kier molecular flexibility index (Phi) is 5.15. The number of nitrogens with one attached hydrogen (secondary N) is 1. The van der Waals surface area contributed by atoms with Crippen LogP contribution in [0.1, 0.15) is 32.3 Å². The second-order valence-corrected chi connectivity index (χ2v) is 5.42. The quantitative estimate of drug-likeness (QED) is 0.891. The first kappa shape index (κ1) is 16.0. The van der Waals surface area contributed by atoms with Crippen LogP contribution in [-0.2, 0) is 4.79 Å². The molecule has 1 unspecified atom stereocenters. The van der Waals surface area contributed by atoms with Crippen LogP contribution in [-0.4, -0.2) is 12.0 Å². The molecule has 1 N–H and O–H groups in total. The van der Waals surface area contributed by atoms with E-state index in [1.54, 1.807) is 19.1 Å². The van der Waals surface area contributed by atoms with E-state index in [1.807, 2.05) is 24.3 Å². The van der Waals surface area contributed by atoms with E-state index in [1.165, 1.54) is 12.1 Å². The predicted molar refractivity (Wildman–Crippen MR) is 85.7 cm³/mol. The molecule has 1 amide bonds. The maximum absolute atomic E-state index is 13.6. The molecule has 0 radical (unpaired) electrons. The predicted octanol–water partition coefficient (Wildman–Crippen LogP) is 4.36. The van der Waals surface area contributed by atoms with Crippen LogP contribution in [0, 0.1) is 5.82 Å². The summed E-state index contributed by atoms with van der Waals surface area (Å²) in [5.41, 5.74) is 1.19. The number of anilines is 1. The first-order chi connectivity index (χ1) is 10.5. The van der Waals surface area contributed by atoms with Gasteiger partial charge in [-0.3, -0.25) is 4.79 Å². The summed E-state index contributed by atoms with van der Waals surface area (Å²) in [4.78, 5) is 12.1. The first-order valence-corrected chi connectivity index (χ1v) is 7.30. The fourth-order valence-corrected chi connectivity index (χ4v) is 2.11. The Labute approximate surface area is 130 Å². The van der Waals surface area contributed by atoms with Gasteiger partial charge in [-0.2, -0.15) is 0 Å². The first-order valence-electron chi connectivity index (χ1n) is 7.30. The third-order valence-electron chi connectivity index (χ3n) is 3.35. The van der Waals surface area contributed by atoms with E-state index in [-0.39, 0.29) is 17.5 Å². The van der Waals surface area contributed by atoms with Crippen molar-refractivity contribution in [3.8, 4) is 5.75 Å². The molecule has 0 bridgehead atoms. The zero-order valence-electron chi connectivity index (χ0n) is 13.0. The lowest BCUT2D eigenvalue weighted by molar-refractivity contribution is -0.122. The third-order valence-corrected chi connectivity index (χ3v) is 3.35. The molecule has 0 aliphatic rings. The highest BCUT2D eigenvalue weighted by atomic mass is 19.1. The Morgan fingerprint density at radius 1 is 1.05 bits per heavy atom. The summed E-state index contributed by atoms with van der Waals surface area (Å²) in [5.74, 6) is 0.112. The number of halogens is 1. The molecule has 0 heterocycles. The number of hydrogen-bond donors (Lipinski definition) is 1. The van der Waals surface area contributed by atoms with E-state index in [2.05, 4.69) is 19.2 Å². The maximum Gasteiger partial charge on any atom is 0.265 e. The molecule has 0 aliphatic heterocycles. The third kappa shape index (κ3) is 3.85. The second-order valence-electron chi connectivity index (χ2n) is 5.42. The highest BCUT2D eigenvalue weighted by Crippen LogP contribution is 2.27. The van der Waals surface area contributed by atoms with Crippen LogP contribution in [0.3, 0.4) is 0 Å². The molecule has 2 aromatic rings. The van der Waals surface area contributed by atoms with Gasteiger partial charge in [0.25, 0.3) is 5.91 Å². The van der Waals surface area contributed by atoms with Crippen LogP contribution < -0.4 is 10.1 Å². The maximum atomic E-state index is 13.6. The number of carbonyl (C=O) groups is 1. The molecule has 4 heteroatoms. The largest absolute Gasteiger partial charge is 0.481 e. The lowest BCUT2D eigenvalue weighted by Gasteiger charge is -2.18. The van der Waals surface area contributed by atoms with Gasteiger partial charge in [0.05, 0.1) is 5.69 Å². The minimum atomic E-state index is -0.723. The van der Waals surface area contributed by atoms with Crippen LogP contribution in [0.5, 0.6) is 5.75 Å². The van der Waals surface area contributed by atoms with Crippen molar-refractivity contribution in [2.24, 2.45) is 0 Å². The number of carbonyl (C=O) groups excluding carboxylic acids is 1. The standard InChI is InChI=1S/C18H20FNO2/c1-12(2)14-8-4-7-11-17(14)22-13(3)18(21)20-16-10-6-5-9-15(16)19/h4-13H,1-3H3,(H,20,21). The topological polar surface area (TPSA) is 38.3 Å². The van der Waals surface area contributed by atoms with Crippen molar-refractivity contribution < 1.29 is 13.9 Å². The molecular weight excluding hydrogens is 281 g/mol. The summed E-state index contributed by atoms with van der Waals surface area (Å²) in [5, 5.41) is 2.54. The minimum absolute atomic E-state index is 0.153. The van der Waals surface area contributed by atoms with E-state index in [9.17, 15) is 9.18 Å². The minimum Gasteiger partial charge on any atom is -0.481 e. The molecule has 0 aromatic heterocycles. The average molecular weight is 301 g/mol. The summed E-state index contributed by atoms with van der Waals surface area (Å²) < 4.78 is 19.3. The van der Waals surface area contributed by atoms with E-state index in [4.69, 9.17) is 4.74 Å². The van der Waals surface area contributed by atoms with Gasteiger partial charge in [0.15, 0.2) is 6.10 Å². The van der Waals surface area contributed by atoms with Crippen LogP contribution in [0.15, 0.2) is 48.5 Å². The van der Waals surface area contributed by atoms with Crippen LogP contribution in [0.25, 0.3) is 0 Å². The van der Waals surface area contributed by atoms with Gasteiger partial charge >= 0.3 is 0 Å². The Morgan fingerprint density at radius 2 is 1.68 bits per heavy atom. The normalized spacial score (nSPS) is 12.0.